The van der Waals surface area contributed by atoms with Gasteiger partial charge >= 0.3 is 0 Å². The van der Waals surface area contributed by atoms with E-state index in [4.69, 9.17) is 9.15 Å². The average molecular weight is 444 g/mol. The minimum atomic E-state index is -0.644. The Labute approximate surface area is 187 Å². The van der Waals surface area contributed by atoms with Gasteiger partial charge in [-0.15, -0.1) is 0 Å². The maximum absolute atomic E-state index is 13.3. The standard InChI is InChI=1S/C23H29N3O6/c1-23(2,3)25(22(28)17-8-10-18(11-9-17)26(29)30)16-21(27)24(14-19-6-4-12-31-19)15-20-7-5-13-32-20/h4,6,8-12,20H,5,7,13-16H2,1-3H3/t20-/m0/s1. The van der Waals surface area contributed by atoms with E-state index >= 15 is 0 Å². The fourth-order valence-corrected chi connectivity index (χ4v) is 3.61. The molecule has 0 bridgehead atoms. The zero-order valence-electron chi connectivity index (χ0n) is 18.7. The van der Waals surface area contributed by atoms with Crippen LogP contribution in [0.5, 0.6) is 0 Å². The summed E-state index contributed by atoms with van der Waals surface area (Å²) in [5.41, 5.74) is -0.453. The van der Waals surface area contributed by atoms with E-state index in [1.54, 1.807) is 23.3 Å². The smallest absolute Gasteiger partial charge is 0.269 e. The van der Waals surface area contributed by atoms with Crippen LogP contribution in [-0.2, 0) is 16.1 Å². The molecule has 1 saturated heterocycles. The van der Waals surface area contributed by atoms with Crippen molar-refractivity contribution in [3.8, 4) is 0 Å². The number of hydrogen-bond acceptors (Lipinski definition) is 6. The lowest BCUT2D eigenvalue weighted by Crippen LogP contribution is -2.51. The molecule has 1 aromatic heterocycles. The third-order valence-corrected chi connectivity index (χ3v) is 5.40. The molecule has 172 valence electrons. The van der Waals surface area contributed by atoms with E-state index in [0.29, 0.717) is 18.9 Å². The topological polar surface area (TPSA) is 106 Å². The summed E-state index contributed by atoms with van der Waals surface area (Å²) in [6, 6.07) is 8.98. The molecular weight excluding hydrogens is 414 g/mol. The molecule has 0 saturated carbocycles. The highest BCUT2D eigenvalue weighted by molar-refractivity contribution is 5.97. The first-order chi connectivity index (χ1) is 15.1. The van der Waals surface area contributed by atoms with E-state index in [1.807, 2.05) is 20.8 Å². The molecule has 0 N–H and O–H groups in total. The highest BCUT2D eigenvalue weighted by Crippen LogP contribution is 2.21. The molecule has 0 radical (unpaired) electrons. The van der Waals surface area contributed by atoms with Gasteiger partial charge in [0.15, 0.2) is 0 Å². The second kappa shape index (κ2) is 9.95. The van der Waals surface area contributed by atoms with Crippen molar-refractivity contribution in [1.82, 2.24) is 9.80 Å². The fraction of sp³-hybridized carbons (Fsp3) is 0.478. The quantitative estimate of drug-likeness (QED) is 0.456. The minimum Gasteiger partial charge on any atom is -0.467 e. The number of carbonyl (C=O) groups is 2. The molecule has 9 nitrogen and oxygen atoms in total. The molecule has 9 heteroatoms. The third kappa shape index (κ3) is 5.94. The molecule has 3 rings (SSSR count). The molecule has 1 aromatic carbocycles. The Kier molecular flexibility index (Phi) is 7.29. The van der Waals surface area contributed by atoms with Crippen molar-refractivity contribution < 1.29 is 23.7 Å². The number of amides is 2. The summed E-state index contributed by atoms with van der Waals surface area (Å²) in [4.78, 5) is 40.1. The molecule has 2 amide bonds. The van der Waals surface area contributed by atoms with Crippen molar-refractivity contribution in [1.29, 1.82) is 0 Å². The van der Waals surface area contributed by atoms with Gasteiger partial charge in [0.25, 0.3) is 11.6 Å². The van der Waals surface area contributed by atoms with E-state index in [1.165, 1.54) is 29.2 Å². The molecule has 1 atom stereocenters. The van der Waals surface area contributed by atoms with Crippen LogP contribution in [0.2, 0.25) is 0 Å². The lowest BCUT2D eigenvalue weighted by molar-refractivity contribution is -0.384. The number of nitrogens with zero attached hydrogens (tertiary/aromatic N) is 3. The first-order valence-electron chi connectivity index (χ1n) is 10.6. The van der Waals surface area contributed by atoms with Crippen LogP contribution in [0, 0.1) is 10.1 Å². The van der Waals surface area contributed by atoms with Gasteiger partial charge in [0.05, 0.1) is 23.8 Å². The molecule has 1 fully saturated rings. The van der Waals surface area contributed by atoms with Crippen molar-refractivity contribution in [2.45, 2.75) is 51.8 Å². The van der Waals surface area contributed by atoms with Gasteiger partial charge in [-0.3, -0.25) is 19.7 Å². The van der Waals surface area contributed by atoms with Gasteiger partial charge in [0.2, 0.25) is 5.91 Å². The minimum absolute atomic E-state index is 0.0395. The van der Waals surface area contributed by atoms with Crippen LogP contribution in [0.25, 0.3) is 0 Å². The highest BCUT2D eigenvalue weighted by Gasteiger charge is 2.32. The van der Waals surface area contributed by atoms with Crippen LogP contribution in [-0.4, -0.2) is 57.9 Å². The third-order valence-electron chi connectivity index (χ3n) is 5.40. The molecule has 2 heterocycles. The van der Waals surface area contributed by atoms with Gasteiger partial charge in [0, 0.05) is 36.4 Å². The van der Waals surface area contributed by atoms with E-state index in [2.05, 4.69) is 0 Å². The molecule has 1 aliphatic rings. The second-order valence-electron chi connectivity index (χ2n) is 8.85. The Bertz CT molecular complexity index is 928. The SMILES string of the molecule is CC(C)(C)N(CC(=O)N(Cc1ccco1)C[C@@H]1CCCO1)C(=O)c1ccc([N+](=O)[O-])cc1. The van der Waals surface area contributed by atoms with E-state index in [9.17, 15) is 19.7 Å². The van der Waals surface area contributed by atoms with E-state index in [0.717, 1.165) is 12.8 Å². The Morgan fingerprint density at radius 1 is 1.19 bits per heavy atom. The van der Waals surface area contributed by atoms with Gasteiger partial charge in [-0.1, -0.05) is 0 Å². The van der Waals surface area contributed by atoms with Gasteiger partial charge in [-0.2, -0.15) is 0 Å². The highest BCUT2D eigenvalue weighted by atomic mass is 16.6. The van der Waals surface area contributed by atoms with Crippen LogP contribution < -0.4 is 0 Å². The molecular formula is C23H29N3O6. The number of nitro benzene ring substituents is 1. The lowest BCUT2D eigenvalue weighted by atomic mass is 10.0. The summed E-state index contributed by atoms with van der Waals surface area (Å²) < 4.78 is 11.1. The summed E-state index contributed by atoms with van der Waals surface area (Å²) in [6.07, 6.45) is 3.36. The molecule has 32 heavy (non-hydrogen) atoms. The molecule has 0 unspecified atom stereocenters. The first kappa shape index (κ1) is 23.5. The summed E-state index contributed by atoms with van der Waals surface area (Å²) in [7, 11) is 0. The number of furan rings is 1. The van der Waals surface area contributed by atoms with Crippen molar-refractivity contribution >= 4 is 17.5 Å². The summed E-state index contributed by atoms with van der Waals surface area (Å²) >= 11 is 0. The number of nitro groups is 1. The van der Waals surface area contributed by atoms with Crippen molar-refractivity contribution in [2.24, 2.45) is 0 Å². The second-order valence-corrected chi connectivity index (χ2v) is 8.85. The number of non-ortho nitro benzene ring substituents is 1. The molecule has 2 aromatic rings. The maximum atomic E-state index is 13.3. The molecule has 0 spiro atoms. The van der Waals surface area contributed by atoms with Crippen LogP contribution in [0.3, 0.4) is 0 Å². The van der Waals surface area contributed by atoms with E-state index in [-0.39, 0.29) is 42.3 Å². The van der Waals surface area contributed by atoms with Crippen LogP contribution in [0.1, 0.15) is 49.7 Å². The number of benzene rings is 1. The predicted octanol–water partition coefficient (Wildman–Crippen LogP) is 3.64. The van der Waals surface area contributed by atoms with Gasteiger partial charge in [-0.25, -0.2) is 0 Å². The largest absolute Gasteiger partial charge is 0.467 e. The lowest BCUT2D eigenvalue weighted by Gasteiger charge is -2.37. The monoisotopic (exact) mass is 443 g/mol. The fourth-order valence-electron chi connectivity index (χ4n) is 3.61. The zero-order chi connectivity index (χ0) is 23.3. The normalized spacial score (nSPS) is 16.0. The van der Waals surface area contributed by atoms with Gasteiger partial charge < -0.3 is 19.0 Å². The first-order valence-corrected chi connectivity index (χ1v) is 10.6. The Balaban J connectivity index is 1.78. The van der Waals surface area contributed by atoms with Crippen LogP contribution >= 0.6 is 0 Å². The van der Waals surface area contributed by atoms with Crippen molar-refractivity contribution in [3.05, 3.63) is 64.1 Å². The van der Waals surface area contributed by atoms with Crippen LogP contribution in [0.4, 0.5) is 5.69 Å². The van der Waals surface area contributed by atoms with Gasteiger partial charge in [0.1, 0.15) is 12.3 Å². The Morgan fingerprint density at radius 3 is 2.44 bits per heavy atom. The average Bonchev–Trinajstić information content (AvgIpc) is 3.44. The molecule has 1 aliphatic heterocycles. The molecule has 0 aliphatic carbocycles. The maximum Gasteiger partial charge on any atom is 0.269 e. The van der Waals surface area contributed by atoms with Crippen LogP contribution in [0.15, 0.2) is 47.1 Å². The predicted molar refractivity (Wildman–Crippen MR) is 117 cm³/mol. The van der Waals surface area contributed by atoms with E-state index < -0.39 is 10.5 Å². The van der Waals surface area contributed by atoms with Gasteiger partial charge in [-0.05, 0) is 57.9 Å². The summed E-state index contributed by atoms with van der Waals surface area (Å²) in [5.74, 6) is 0.0678. The Hall–Kier alpha value is -3.20. The Morgan fingerprint density at radius 2 is 1.91 bits per heavy atom. The summed E-state index contributed by atoms with van der Waals surface area (Å²) in [5, 5.41) is 10.9. The summed E-state index contributed by atoms with van der Waals surface area (Å²) in [6.45, 7) is 6.80. The number of hydrogen-bond donors (Lipinski definition) is 0. The number of rotatable bonds is 8. The number of carbonyl (C=O) groups excluding carboxylic acids is 2. The zero-order valence-corrected chi connectivity index (χ0v) is 18.7. The van der Waals surface area contributed by atoms with Crippen molar-refractivity contribution in [3.63, 3.8) is 0 Å². The van der Waals surface area contributed by atoms with Crippen molar-refractivity contribution in [2.75, 3.05) is 19.7 Å². The number of ether oxygens (including phenoxy) is 1.